The summed E-state index contributed by atoms with van der Waals surface area (Å²) in [5.74, 6) is -0.359. The molecule has 0 aliphatic carbocycles. The third-order valence-corrected chi connectivity index (χ3v) is 4.67. The van der Waals surface area contributed by atoms with Crippen LogP contribution in [0.1, 0.15) is 83.8 Å². The second-order valence-corrected chi connectivity index (χ2v) is 10.7. The second kappa shape index (κ2) is 7.74. The summed E-state index contributed by atoms with van der Waals surface area (Å²) in [7, 11) is 0. The molecule has 0 fully saturated rings. The molecule has 0 aromatic heterocycles. The van der Waals surface area contributed by atoms with Gasteiger partial charge < -0.3 is 15.8 Å². The number of nitrogens with one attached hydrogen (secondary N) is 1. The van der Waals surface area contributed by atoms with Crippen molar-refractivity contribution in [3.63, 3.8) is 0 Å². The predicted molar refractivity (Wildman–Crippen MR) is 123 cm³/mol. The topological polar surface area (TPSA) is 64.3 Å². The van der Waals surface area contributed by atoms with Crippen LogP contribution in [0.4, 0.5) is 17.1 Å². The summed E-state index contributed by atoms with van der Waals surface area (Å²) < 4.78 is 5.58. The number of anilines is 3. The van der Waals surface area contributed by atoms with E-state index in [9.17, 15) is 4.79 Å². The monoisotopic (exact) mass is 396 g/mol. The van der Waals surface area contributed by atoms with Crippen molar-refractivity contribution in [3.05, 3.63) is 53.1 Å². The summed E-state index contributed by atoms with van der Waals surface area (Å²) in [5, 5.41) is 3.41. The zero-order chi connectivity index (χ0) is 22.2. The number of carbonyl (C=O) groups is 1. The lowest BCUT2D eigenvalue weighted by Gasteiger charge is -2.29. The van der Waals surface area contributed by atoms with Crippen LogP contribution in [-0.2, 0) is 15.6 Å². The summed E-state index contributed by atoms with van der Waals surface area (Å²) in [4.78, 5) is 12.7. The maximum absolute atomic E-state index is 12.7. The number of carbonyl (C=O) groups excluding carboxylic acids is 1. The highest BCUT2D eigenvalue weighted by molar-refractivity contribution is 5.97. The first-order valence-electron chi connectivity index (χ1n) is 10.1. The first-order valence-corrected chi connectivity index (χ1v) is 10.1. The lowest BCUT2D eigenvalue weighted by Crippen LogP contribution is -2.24. The largest absolute Gasteiger partial charge is 0.456 e. The van der Waals surface area contributed by atoms with Crippen molar-refractivity contribution >= 4 is 23.0 Å². The Kier molecular flexibility index (Phi) is 6.08. The third kappa shape index (κ3) is 5.75. The zero-order valence-corrected chi connectivity index (χ0v) is 19.4. The molecule has 158 valence electrons. The fraction of sp³-hybridized carbons (Fsp3) is 0.480. The minimum atomic E-state index is -0.561. The number of rotatable bonds is 3. The zero-order valence-electron chi connectivity index (χ0n) is 19.4. The van der Waals surface area contributed by atoms with Crippen LogP contribution in [0.5, 0.6) is 0 Å². The Morgan fingerprint density at radius 2 is 1.45 bits per heavy atom. The molecule has 0 unspecified atom stereocenters. The molecule has 0 saturated heterocycles. The van der Waals surface area contributed by atoms with E-state index in [-0.39, 0.29) is 16.8 Å². The van der Waals surface area contributed by atoms with Crippen molar-refractivity contribution in [2.45, 2.75) is 78.7 Å². The van der Waals surface area contributed by atoms with E-state index >= 15 is 0 Å². The molecule has 0 atom stereocenters. The number of benzene rings is 2. The standard InChI is InChI=1S/C25H36N2O2/c1-23(2,3)16-14-18(24(4,5)6)21(26)20(15-16)27-19-13-11-10-12-17(19)22(28)29-25(7,8)9/h10-15,27H,26H2,1-9H3. The van der Waals surface area contributed by atoms with Gasteiger partial charge in [-0.2, -0.15) is 0 Å². The number of ether oxygens (including phenoxy) is 1. The van der Waals surface area contributed by atoms with Crippen LogP contribution in [0.15, 0.2) is 36.4 Å². The fourth-order valence-electron chi connectivity index (χ4n) is 3.06. The van der Waals surface area contributed by atoms with E-state index in [1.54, 1.807) is 6.07 Å². The molecule has 2 rings (SSSR count). The number of nitrogens with two attached hydrogens (primary N) is 1. The van der Waals surface area contributed by atoms with E-state index in [2.05, 4.69) is 59.0 Å². The fourth-order valence-corrected chi connectivity index (χ4v) is 3.06. The average Bonchev–Trinajstić information content (AvgIpc) is 2.53. The minimum Gasteiger partial charge on any atom is -0.456 e. The van der Waals surface area contributed by atoms with Gasteiger partial charge in [-0.3, -0.25) is 0 Å². The second-order valence-electron chi connectivity index (χ2n) is 10.7. The van der Waals surface area contributed by atoms with Gasteiger partial charge in [0, 0.05) is 0 Å². The van der Waals surface area contributed by atoms with Gasteiger partial charge in [-0.1, -0.05) is 59.7 Å². The van der Waals surface area contributed by atoms with Gasteiger partial charge in [0.2, 0.25) is 0 Å². The summed E-state index contributed by atoms with van der Waals surface area (Å²) in [6.45, 7) is 18.6. The summed E-state index contributed by atoms with van der Waals surface area (Å²) in [5.41, 5.74) is 10.8. The van der Waals surface area contributed by atoms with Crippen molar-refractivity contribution in [2.75, 3.05) is 11.1 Å². The Morgan fingerprint density at radius 1 is 0.862 bits per heavy atom. The van der Waals surface area contributed by atoms with Crippen molar-refractivity contribution in [2.24, 2.45) is 0 Å². The van der Waals surface area contributed by atoms with Crippen LogP contribution in [0.3, 0.4) is 0 Å². The highest BCUT2D eigenvalue weighted by Gasteiger charge is 2.25. The van der Waals surface area contributed by atoms with Gasteiger partial charge >= 0.3 is 5.97 Å². The van der Waals surface area contributed by atoms with Crippen molar-refractivity contribution in [3.8, 4) is 0 Å². The molecule has 0 aliphatic rings. The van der Waals surface area contributed by atoms with Crippen LogP contribution in [-0.4, -0.2) is 11.6 Å². The number of esters is 1. The molecule has 0 radical (unpaired) electrons. The number of nitrogen functional groups attached to an aromatic ring is 1. The highest BCUT2D eigenvalue weighted by atomic mass is 16.6. The van der Waals surface area contributed by atoms with Gasteiger partial charge in [0.05, 0.1) is 22.6 Å². The van der Waals surface area contributed by atoms with Gasteiger partial charge in [-0.15, -0.1) is 0 Å². The molecule has 4 nitrogen and oxygen atoms in total. The van der Waals surface area contributed by atoms with Crippen molar-refractivity contribution in [1.82, 2.24) is 0 Å². The summed E-state index contributed by atoms with van der Waals surface area (Å²) >= 11 is 0. The van der Waals surface area contributed by atoms with E-state index in [0.717, 1.165) is 11.3 Å². The molecule has 0 amide bonds. The van der Waals surface area contributed by atoms with Crippen LogP contribution in [0, 0.1) is 0 Å². The maximum atomic E-state index is 12.7. The highest BCUT2D eigenvalue weighted by Crippen LogP contribution is 2.39. The molecule has 4 heteroatoms. The normalized spacial score (nSPS) is 12.6. The Morgan fingerprint density at radius 3 is 1.97 bits per heavy atom. The van der Waals surface area contributed by atoms with Gasteiger partial charge in [0.1, 0.15) is 5.60 Å². The lowest BCUT2D eigenvalue weighted by molar-refractivity contribution is 0.00707. The quantitative estimate of drug-likeness (QED) is 0.455. The van der Waals surface area contributed by atoms with E-state index in [0.29, 0.717) is 16.9 Å². The molecular formula is C25H36N2O2. The first kappa shape index (κ1) is 22.8. The Bertz CT molecular complexity index is 895. The third-order valence-electron chi connectivity index (χ3n) is 4.67. The molecule has 0 spiro atoms. The lowest BCUT2D eigenvalue weighted by atomic mass is 9.79. The molecule has 0 saturated carbocycles. The van der Waals surface area contributed by atoms with E-state index in [4.69, 9.17) is 10.5 Å². The number of hydrogen-bond donors (Lipinski definition) is 2. The van der Waals surface area contributed by atoms with Crippen LogP contribution >= 0.6 is 0 Å². The van der Waals surface area contributed by atoms with Crippen LogP contribution in [0.2, 0.25) is 0 Å². The Hall–Kier alpha value is -2.49. The molecule has 2 aromatic rings. The first-order chi connectivity index (χ1) is 13.1. The SMILES string of the molecule is CC(C)(C)OC(=O)c1ccccc1Nc1cc(C(C)(C)C)cc(C(C)(C)C)c1N. The predicted octanol–water partition coefficient (Wildman–Crippen LogP) is 6.56. The van der Waals surface area contributed by atoms with Crippen LogP contribution in [0.25, 0.3) is 0 Å². The molecule has 3 N–H and O–H groups in total. The number of para-hydroxylation sites is 1. The molecule has 0 bridgehead atoms. The maximum Gasteiger partial charge on any atom is 0.340 e. The average molecular weight is 397 g/mol. The molecule has 0 aliphatic heterocycles. The molecule has 29 heavy (non-hydrogen) atoms. The van der Waals surface area contributed by atoms with Gasteiger partial charge in [0.15, 0.2) is 0 Å². The summed E-state index contributed by atoms with van der Waals surface area (Å²) in [6.07, 6.45) is 0. The van der Waals surface area contributed by atoms with Gasteiger partial charge in [0.25, 0.3) is 0 Å². The van der Waals surface area contributed by atoms with Gasteiger partial charge in [-0.25, -0.2) is 4.79 Å². The minimum absolute atomic E-state index is 0.0329. The van der Waals surface area contributed by atoms with Gasteiger partial charge in [-0.05, 0) is 60.9 Å². The van der Waals surface area contributed by atoms with E-state index in [1.165, 1.54) is 5.56 Å². The van der Waals surface area contributed by atoms with E-state index in [1.807, 2.05) is 39.0 Å². The smallest absolute Gasteiger partial charge is 0.340 e. The van der Waals surface area contributed by atoms with Crippen molar-refractivity contribution in [1.29, 1.82) is 0 Å². The Labute approximate surface area is 175 Å². The summed E-state index contributed by atoms with van der Waals surface area (Å²) in [6, 6.07) is 11.6. The molecule has 0 heterocycles. The van der Waals surface area contributed by atoms with Crippen molar-refractivity contribution < 1.29 is 9.53 Å². The van der Waals surface area contributed by atoms with E-state index < -0.39 is 5.60 Å². The number of hydrogen-bond acceptors (Lipinski definition) is 4. The molecule has 2 aromatic carbocycles. The van der Waals surface area contributed by atoms with Crippen LogP contribution < -0.4 is 11.1 Å². The Balaban J connectivity index is 2.57. The molecular weight excluding hydrogens is 360 g/mol.